The average Bonchev–Trinajstić information content (AvgIpc) is 2.60. The van der Waals surface area contributed by atoms with Crippen LogP contribution < -0.4 is 11.3 Å². The van der Waals surface area contributed by atoms with E-state index in [2.05, 4.69) is 17.4 Å². The van der Waals surface area contributed by atoms with E-state index in [1.165, 1.54) is 0 Å². The molecular formula is C9H16N4OS. The summed E-state index contributed by atoms with van der Waals surface area (Å²) in [6, 6.07) is 0. The quantitative estimate of drug-likeness (QED) is 0.336. The predicted octanol–water partition coefficient (Wildman–Crippen LogP) is 0.671. The minimum absolute atomic E-state index is 0.117. The van der Waals surface area contributed by atoms with Crippen molar-refractivity contribution in [2.75, 3.05) is 0 Å². The standard InChI is InChI=1S/C9H16N4OS/c1-7(3-4-9(14)12-10)15-8-5-11-13(2)6-8/h5-7H,3-4,10H2,1-2H3,(H,12,14). The number of carbonyl (C=O) groups is 1. The fourth-order valence-corrected chi connectivity index (χ4v) is 2.18. The highest BCUT2D eigenvalue weighted by Gasteiger charge is 2.08. The van der Waals surface area contributed by atoms with Crippen LogP contribution in [0.3, 0.4) is 0 Å². The van der Waals surface area contributed by atoms with Gasteiger partial charge >= 0.3 is 0 Å². The van der Waals surface area contributed by atoms with Gasteiger partial charge in [-0.05, 0) is 6.42 Å². The Morgan fingerprint density at radius 3 is 3.07 bits per heavy atom. The fraction of sp³-hybridized carbons (Fsp3) is 0.556. The van der Waals surface area contributed by atoms with Crippen LogP contribution in [0.4, 0.5) is 0 Å². The molecule has 0 spiro atoms. The van der Waals surface area contributed by atoms with Gasteiger partial charge in [-0.25, -0.2) is 5.84 Å². The molecule has 0 saturated heterocycles. The first kappa shape index (κ1) is 12.1. The summed E-state index contributed by atoms with van der Waals surface area (Å²) in [7, 11) is 1.89. The first-order valence-electron chi connectivity index (χ1n) is 4.76. The van der Waals surface area contributed by atoms with Crippen molar-refractivity contribution in [1.29, 1.82) is 0 Å². The first-order chi connectivity index (χ1) is 7.11. The van der Waals surface area contributed by atoms with Gasteiger partial charge in [-0.15, -0.1) is 11.8 Å². The maximum atomic E-state index is 10.9. The van der Waals surface area contributed by atoms with Crippen molar-refractivity contribution in [3.8, 4) is 0 Å². The van der Waals surface area contributed by atoms with E-state index in [1.807, 2.05) is 19.4 Å². The number of hydrogen-bond acceptors (Lipinski definition) is 4. The minimum Gasteiger partial charge on any atom is -0.294 e. The summed E-state index contributed by atoms with van der Waals surface area (Å²) in [5, 5.41) is 4.46. The summed E-state index contributed by atoms with van der Waals surface area (Å²) in [4.78, 5) is 12.0. The largest absolute Gasteiger partial charge is 0.294 e. The van der Waals surface area contributed by atoms with Gasteiger partial charge in [0.05, 0.1) is 6.20 Å². The Kier molecular flexibility index (Phi) is 4.64. The number of carbonyl (C=O) groups excluding carboxylic acids is 1. The summed E-state index contributed by atoms with van der Waals surface area (Å²) in [6.45, 7) is 2.08. The van der Waals surface area contributed by atoms with Gasteiger partial charge in [0, 0.05) is 29.8 Å². The van der Waals surface area contributed by atoms with Crippen molar-refractivity contribution < 1.29 is 4.79 Å². The highest BCUT2D eigenvalue weighted by atomic mass is 32.2. The van der Waals surface area contributed by atoms with Gasteiger partial charge in [0.15, 0.2) is 0 Å². The zero-order chi connectivity index (χ0) is 11.3. The Morgan fingerprint density at radius 1 is 1.80 bits per heavy atom. The van der Waals surface area contributed by atoms with Crippen molar-refractivity contribution >= 4 is 17.7 Å². The molecule has 0 bridgehead atoms. The molecule has 1 amide bonds. The van der Waals surface area contributed by atoms with Crippen molar-refractivity contribution in [3.63, 3.8) is 0 Å². The van der Waals surface area contributed by atoms with Crippen LogP contribution in [0.1, 0.15) is 19.8 Å². The molecule has 0 aromatic carbocycles. The van der Waals surface area contributed by atoms with Crippen molar-refractivity contribution in [1.82, 2.24) is 15.2 Å². The Bertz CT molecular complexity index is 326. The zero-order valence-corrected chi connectivity index (χ0v) is 9.75. The summed E-state index contributed by atoms with van der Waals surface area (Å²) in [6.07, 6.45) is 5.06. The lowest BCUT2D eigenvalue weighted by atomic mass is 10.2. The van der Waals surface area contributed by atoms with E-state index in [9.17, 15) is 4.79 Å². The molecule has 0 aliphatic carbocycles. The number of aromatic nitrogens is 2. The van der Waals surface area contributed by atoms with Gasteiger partial charge in [0.1, 0.15) is 0 Å². The van der Waals surface area contributed by atoms with Crippen molar-refractivity contribution in [3.05, 3.63) is 12.4 Å². The van der Waals surface area contributed by atoms with Gasteiger partial charge in [-0.2, -0.15) is 5.10 Å². The van der Waals surface area contributed by atoms with Crippen LogP contribution in [-0.2, 0) is 11.8 Å². The second kappa shape index (κ2) is 5.77. The second-order valence-corrected chi connectivity index (χ2v) is 4.90. The Hall–Kier alpha value is -1.01. The molecule has 1 heterocycles. The Balaban J connectivity index is 2.30. The molecule has 1 atom stereocenters. The molecule has 1 rings (SSSR count). The maximum Gasteiger partial charge on any atom is 0.233 e. The lowest BCUT2D eigenvalue weighted by molar-refractivity contribution is -0.121. The third-order valence-electron chi connectivity index (χ3n) is 1.96. The van der Waals surface area contributed by atoms with E-state index in [-0.39, 0.29) is 5.91 Å². The number of nitrogens with zero attached hydrogens (tertiary/aromatic N) is 2. The van der Waals surface area contributed by atoms with Gasteiger partial charge in [-0.1, -0.05) is 6.92 Å². The van der Waals surface area contributed by atoms with Crippen LogP contribution in [-0.4, -0.2) is 20.9 Å². The molecular weight excluding hydrogens is 212 g/mol. The van der Waals surface area contributed by atoms with Crippen LogP contribution in [0.5, 0.6) is 0 Å². The summed E-state index contributed by atoms with van der Waals surface area (Å²) in [5.41, 5.74) is 2.12. The molecule has 6 heteroatoms. The van der Waals surface area contributed by atoms with Crippen LogP contribution >= 0.6 is 11.8 Å². The molecule has 0 radical (unpaired) electrons. The molecule has 0 fully saturated rings. The SMILES string of the molecule is CC(CCC(=O)NN)Sc1cnn(C)c1. The lowest BCUT2D eigenvalue weighted by Crippen LogP contribution is -2.30. The topological polar surface area (TPSA) is 72.9 Å². The molecule has 0 aliphatic rings. The second-order valence-electron chi connectivity index (χ2n) is 3.38. The highest BCUT2D eigenvalue weighted by Crippen LogP contribution is 2.24. The third kappa shape index (κ3) is 4.35. The highest BCUT2D eigenvalue weighted by molar-refractivity contribution is 7.99. The van der Waals surface area contributed by atoms with E-state index in [4.69, 9.17) is 5.84 Å². The monoisotopic (exact) mass is 228 g/mol. The molecule has 1 aromatic heterocycles. The smallest absolute Gasteiger partial charge is 0.233 e. The number of nitrogens with two attached hydrogens (primary N) is 1. The lowest BCUT2D eigenvalue weighted by Gasteiger charge is -2.08. The molecule has 0 saturated carbocycles. The number of nitrogens with one attached hydrogen (secondary N) is 1. The Morgan fingerprint density at radius 2 is 2.53 bits per heavy atom. The van der Waals surface area contributed by atoms with Crippen molar-refractivity contribution in [2.24, 2.45) is 12.9 Å². The number of hydrazine groups is 1. The summed E-state index contributed by atoms with van der Waals surface area (Å²) in [5.74, 6) is 4.88. The molecule has 1 aromatic rings. The minimum atomic E-state index is -0.117. The maximum absolute atomic E-state index is 10.9. The first-order valence-corrected chi connectivity index (χ1v) is 5.64. The number of rotatable bonds is 5. The van der Waals surface area contributed by atoms with E-state index < -0.39 is 0 Å². The molecule has 0 aliphatic heterocycles. The van der Waals surface area contributed by atoms with Gasteiger partial charge in [0.25, 0.3) is 0 Å². The molecule has 15 heavy (non-hydrogen) atoms. The fourth-order valence-electron chi connectivity index (χ4n) is 1.16. The molecule has 3 N–H and O–H groups in total. The number of thioether (sulfide) groups is 1. The van der Waals surface area contributed by atoms with Gasteiger partial charge in [0.2, 0.25) is 5.91 Å². The number of amides is 1. The van der Waals surface area contributed by atoms with E-state index in [1.54, 1.807) is 16.4 Å². The van der Waals surface area contributed by atoms with Crippen LogP contribution in [0, 0.1) is 0 Å². The van der Waals surface area contributed by atoms with Crippen LogP contribution in [0.25, 0.3) is 0 Å². The van der Waals surface area contributed by atoms with Gasteiger partial charge < -0.3 is 0 Å². The van der Waals surface area contributed by atoms with E-state index in [0.29, 0.717) is 11.7 Å². The van der Waals surface area contributed by atoms with Gasteiger partial charge in [-0.3, -0.25) is 14.9 Å². The molecule has 1 unspecified atom stereocenters. The van der Waals surface area contributed by atoms with E-state index >= 15 is 0 Å². The van der Waals surface area contributed by atoms with Crippen molar-refractivity contribution in [2.45, 2.75) is 29.9 Å². The average molecular weight is 228 g/mol. The molecule has 84 valence electrons. The summed E-state index contributed by atoms with van der Waals surface area (Å²) < 4.78 is 1.77. The summed E-state index contributed by atoms with van der Waals surface area (Å²) >= 11 is 1.71. The number of hydrogen-bond donors (Lipinski definition) is 2. The molecule has 5 nitrogen and oxygen atoms in total. The Labute approximate surface area is 93.4 Å². The normalized spacial score (nSPS) is 12.5. The third-order valence-corrected chi connectivity index (χ3v) is 3.08. The number of aryl methyl sites for hydroxylation is 1. The zero-order valence-electron chi connectivity index (χ0n) is 8.93. The predicted molar refractivity (Wildman–Crippen MR) is 60.1 cm³/mol. The van der Waals surface area contributed by atoms with Crippen LogP contribution in [0.15, 0.2) is 17.3 Å². The van der Waals surface area contributed by atoms with E-state index in [0.717, 1.165) is 11.3 Å². The van der Waals surface area contributed by atoms with Crippen LogP contribution in [0.2, 0.25) is 0 Å².